The van der Waals surface area contributed by atoms with Crippen molar-refractivity contribution >= 4 is 23.8 Å². The van der Waals surface area contributed by atoms with Crippen LogP contribution in [0.4, 0.5) is 5.82 Å². The number of nitrogens with zero attached hydrogens (tertiary/aromatic N) is 3. The number of pyridine rings is 1. The van der Waals surface area contributed by atoms with Gasteiger partial charge in [-0.15, -0.1) is 0 Å². The van der Waals surface area contributed by atoms with E-state index in [0.29, 0.717) is 23.5 Å². The van der Waals surface area contributed by atoms with Crippen molar-refractivity contribution in [1.29, 1.82) is 0 Å². The molecule has 2 heterocycles. The number of rotatable bonds is 6. The highest BCUT2D eigenvalue weighted by atomic mass is 16.2. The van der Waals surface area contributed by atoms with Crippen molar-refractivity contribution in [2.24, 2.45) is 4.99 Å². The Morgan fingerprint density at radius 2 is 1.71 bits per heavy atom. The number of benzene rings is 2. The summed E-state index contributed by atoms with van der Waals surface area (Å²) < 4.78 is 0. The first-order valence-electron chi connectivity index (χ1n) is 10.3. The fourth-order valence-corrected chi connectivity index (χ4v) is 3.88. The quantitative estimate of drug-likeness (QED) is 0.498. The standard InChI is InChI=1S/C25H24N4O2/c1-28(2)22(18-10-4-3-5-11-18)17-26-16-21-19-12-6-7-13-20(19)24(30)29(25(21)31)23-14-8-9-15-27-23/h3-16,21-22H,17H2,1-2H3/p+1/t21?,22-/m0/s1. The summed E-state index contributed by atoms with van der Waals surface area (Å²) in [7, 11) is 4.19. The van der Waals surface area contributed by atoms with Gasteiger partial charge in [-0.05, 0) is 23.8 Å². The lowest BCUT2D eigenvalue weighted by atomic mass is 9.89. The topological polar surface area (TPSA) is 67.1 Å². The Hall–Kier alpha value is -3.64. The number of fused-ring (bicyclic) bond motifs is 1. The third kappa shape index (κ3) is 4.15. The number of carbonyl (C=O) groups is 2. The molecule has 0 aliphatic carbocycles. The zero-order valence-corrected chi connectivity index (χ0v) is 17.6. The molecule has 1 aliphatic heterocycles. The van der Waals surface area contributed by atoms with Gasteiger partial charge in [0.05, 0.1) is 26.6 Å². The van der Waals surface area contributed by atoms with Crippen molar-refractivity contribution in [3.63, 3.8) is 0 Å². The maximum atomic E-state index is 13.3. The minimum absolute atomic E-state index is 0.167. The molecule has 156 valence electrons. The molecule has 3 aromatic rings. The van der Waals surface area contributed by atoms with E-state index in [1.54, 1.807) is 42.7 Å². The fourth-order valence-electron chi connectivity index (χ4n) is 3.88. The van der Waals surface area contributed by atoms with Crippen LogP contribution in [0, 0.1) is 0 Å². The number of aliphatic imine (C=N–C) groups is 1. The number of aromatic nitrogens is 1. The molecule has 31 heavy (non-hydrogen) atoms. The molecule has 0 spiro atoms. The average Bonchev–Trinajstić information content (AvgIpc) is 2.80. The Morgan fingerprint density at radius 3 is 2.42 bits per heavy atom. The van der Waals surface area contributed by atoms with Crippen LogP contribution in [0.5, 0.6) is 0 Å². The predicted molar refractivity (Wildman–Crippen MR) is 121 cm³/mol. The van der Waals surface area contributed by atoms with Crippen LogP contribution in [0.2, 0.25) is 0 Å². The fraction of sp³-hybridized carbons (Fsp3) is 0.200. The van der Waals surface area contributed by atoms with Gasteiger partial charge in [-0.2, -0.15) is 0 Å². The van der Waals surface area contributed by atoms with Crippen LogP contribution in [-0.2, 0) is 4.79 Å². The van der Waals surface area contributed by atoms with E-state index in [1.165, 1.54) is 10.5 Å². The third-order valence-corrected chi connectivity index (χ3v) is 5.54. The summed E-state index contributed by atoms with van der Waals surface area (Å²) in [5, 5.41) is 0. The van der Waals surface area contributed by atoms with Gasteiger partial charge in [-0.3, -0.25) is 14.6 Å². The Bertz CT molecular complexity index is 1100. The van der Waals surface area contributed by atoms with Crippen LogP contribution in [0.15, 0.2) is 84.0 Å². The van der Waals surface area contributed by atoms with Crippen molar-refractivity contribution in [1.82, 2.24) is 4.98 Å². The van der Waals surface area contributed by atoms with E-state index in [9.17, 15) is 9.59 Å². The second-order valence-corrected chi connectivity index (χ2v) is 7.79. The predicted octanol–water partition coefficient (Wildman–Crippen LogP) is 2.31. The average molecular weight is 414 g/mol. The SMILES string of the molecule is C[NH+](C)[C@@H](CN=CC1C(=O)N(c2ccccn2)C(=O)c2ccccc21)c1ccccc1. The molecule has 0 bridgehead atoms. The van der Waals surface area contributed by atoms with Crippen molar-refractivity contribution in [2.45, 2.75) is 12.0 Å². The first kappa shape index (κ1) is 20.6. The van der Waals surface area contributed by atoms with Crippen molar-refractivity contribution in [3.05, 3.63) is 95.7 Å². The van der Waals surface area contributed by atoms with Crippen LogP contribution in [0.1, 0.15) is 33.4 Å². The highest BCUT2D eigenvalue weighted by Gasteiger charge is 2.39. The van der Waals surface area contributed by atoms with E-state index in [0.717, 1.165) is 4.90 Å². The molecule has 4 rings (SSSR count). The number of imide groups is 1. The van der Waals surface area contributed by atoms with Gasteiger partial charge in [0.15, 0.2) is 0 Å². The third-order valence-electron chi connectivity index (χ3n) is 5.54. The second kappa shape index (κ2) is 9.02. The van der Waals surface area contributed by atoms with E-state index >= 15 is 0 Å². The molecular formula is C25H25N4O2+. The smallest absolute Gasteiger partial charge is 0.266 e. The minimum Gasteiger partial charge on any atom is -0.332 e. The molecule has 0 radical (unpaired) electrons. The largest absolute Gasteiger partial charge is 0.332 e. The Morgan fingerprint density at radius 1 is 1.00 bits per heavy atom. The molecule has 2 atom stereocenters. The van der Waals surface area contributed by atoms with Crippen LogP contribution in [-0.4, -0.2) is 43.7 Å². The number of likely N-dealkylation sites (N-methyl/N-ethyl adjacent to an activating group) is 1. The number of amides is 2. The maximum Gasteiger partial charge on any atom is 0.266 e. The summed E-state index contributed by atoms with van der Waals surface area (Å²) in [5.41, 5.74) is 2.38. The van der Waals surface area contributed by atoms with Crippen molar-refractivity contribution in [2.75, 3.05) is 25.5 Å². The van der Waals surface area contributed by atoms with Crippen LogP contribution in [0.3, 0.4) is 0 Å². The van der Waals surface area contributed by atoms with Gasteiger partial charge in [0.2, 0.25) is 5.91 Å². The highest BCUT2D eigenvalue weighted by Crippen LogP contribution is 2.31. The number of quaternary nitrogens is 1. The summed E-state index contributed by atoms with van der Waals surface area (Å²) in [6, 6.07) is 22.8. The van der Waals surface area contributed by atoms with E-state index in [1.807, 2.05) is 30.3 Å². The van der Waals surface area contributed by atoms with Crippen LogP contribution in [0.25, 0.3) is 0 Å². The van der Waals surface area contributed by atoms with Gasteiger partial charge in [-0.25, -0.2) is 9.88 Å². The van der Waals surface area contributed by atoms with Gasteiger partial charge < -0.3 is 4.90 Å². The zero-order valence-electron chi connectivity index (χ0n) is 17.6. The zero-order chi connectivity index (χ0) is 21.8. The van der Waals surface area contributed by atoms with Gasteiger partial charge in [0.1, 0.15) is 11.9 Å². The molecule has 0 fully saturated rings. The lowest BCUT2D eigenvalue weighted by Gasteiger charge is -2.30. The van der Waals surface area contributed by atoms with Crippen LogP contribution < -0.4 is 9.80 Å². The first-order valence-corrected chi connectivity index (χ1v) is 10.3. The maximum absolute atomic E-state index is 13.3. The lowest BCUT2D eigenvalue weighted by Crippen LogP contribution is -3.06. The molecule has 0 saturated carbocycles. The Kier molecular flexibility index (Phi) is 6.00. The highest BCUT2D eigenvalue weighted by molar-refractivity contribution is 6.28. The van der Waals surface area contributed by atoms with E-state index in [4.69, 9.17) is 0 Å². The van der Waals surface area contributed by atoms with Crippen molar-refractivity contribution < 1.29 is 14.5 Å². The molecule has 0 saturated heterocycles. The second-order valence-electron chi connectivity index (χ2n) is 7.79. The molecule has 2 aromatic carbocycles. The molecule has 1 unspecified atom stereocenters. The van der Waals surface area contributed by atoms with E-state index < -0.39 is 5.92 Å². The van der Waals surface area contributed by atoms with E-state index in [2.05, 4.69) is 36.2 Å². The summed E-state index contributed by atoms with van der Waals surface area (Å²) in [6.07, 6.45) is 3.26. The number of hydrogen-bond acceptors (Lipinski definition) is 4. The van der Waals surface area contributed by atoms with E-state index in [-0.39, 0.29) is 17.9 Å². The van der Waals surface area contributed by atoms with Gasteiger partial charge >= 0.3 is 0 Å². The summed E-state index contributed by atoms with van der Waals surface area (Å²) in [5.74, 6) is -1.00. The molecular weight excluding hydrogens is 388 g/mol. The van der Waals surface area contributed by atoms with Crippen molar-refractivity contribution in [3.8, 4) is 0 Å². The number of carbonyl (C=O) groups excluding carboxylic acids is 2. The molecule has 6 heteroatoms. The molecule has 6 nitrogen and oxygen atoms in total. The number of nitrogens with one attached hydrogen (secondary N) is 1. The van der Waals surface area contributed by atoms with Gasteiger partial charge in [0, 0.05) is 23.5 Å². The number of hydrogen-bond donors (Lipinski definition) is 1. The van der Waals surface area contributed by atoms with Gasteiger partial charge in [-0.1, -0.05) is 54.6 Å². The summed E-state index contributed by atoms with van der Waals surface area (Å²) >= 11 is 0. The Balaban J connectivity index is 1.65. The molecule has 1 N–H and O–H groups in total. The van der Waals surface area contributed by atoms with Crippen LogP contribution >= 0.6 is 0 Å². The lowest BCUT2D eigenvalue weighted by molar-refractivity contribution is -0.890. The Labute approximate surface area is 181 Å². The van der Waals surface area contributed by atoms with Gasteiger partial charge in [0.25, 0.3) is 5.91 Å². The number of anilines is 1. The summed E-state index contributed by atoms with van der Waals surface area (Å²) in [6.45, 7) is 0.538. The minimum atomic E-state index is -0.635. The normalized spacial score (nSPS) is 17.3. The summed E-state index contributed by atoms with van der Waals surface area (Å²) in [4.78, 5) is 37.7. The first-order chi connectivity index (χ1) is 15.1. The molecule has 1 aliphatic rings. The molecule has 2 amide bonds. The monoisotopic (exact) mass is 413 g/mol. The molecule has 1 aromatic heterocycles.